The maximum atomic E-state index is 4.82. The zero-order valence-electron chi connectivity index (χ0n) is 18.2. The molecular formula is C21H38IN7. The van der Waals surface area contributed by atoms with E-state index in [2.05, 4.69) is 32.7 Å². The Kier molecular flexibility index (Phi) is 8.18. The summed E-state index contributed by atoms with van der Waals surface area (Å²) in [6, 6.07) is 1.93. The Balaban J connectivity index is 0.00000240. The number of aromatic nitrogens is 3. The van der Waals surface area contributed by atoms with Crippen molar-refractivity contribution in [1.82, 2.24) is 30.3 Å². The average molecular weight is 515 g/mol. The van der Waals surface area contributed by atoms with Gasteiger partial charge in [0.1, 0.15) is 12.4 Å². The summed E-state index contributed by atoms with van der Waals surface area (Å²) in [6.45, 7) is 7.55. The average Bonchev–Trinajstić information content (AvgIpc) is 3.46. The fourth-order valence-corrected chi connectivity index (χ4v) is 4.46. The van der Waals surface area contributed by atoms with E-state index in [-0.39, 0.29) is 24.0 Å². The maximum Gasteiger partial charge on any atom is 0.192 e. The number of aryl methyl sites for hydroxylation is 1. The first kappa shape index (κ1) is 22.8. The molecule has 1 saturated heterocycles. The summed E-state index contributed by atoms with van der Waals surface area (Å²) in [5.41, 5.74) is 0. The third kappa shape index (κ3) is 6.29. The van der Waals surface area contributed by atoms with E-state index < -0.39 is 0 Å². The van der Waals surface area contributed by atoms with Crippen LogP contribution in [0.1, 0.15) is 69.9 Å². The number of hydrogen-bond acceptors (Lipinski definition) is 4. The summed E-state index contributed by atoms with van der Waals surface area (Å²) in [5, 5.41) is 15.7. The molecule has 0 unspecified atom stereocenters. The van der Waals surface area contributed by atoms with Crippen LogP contribution < -0.4 is 10.6 Å². The van der Waals surface area contributed by atoms with Crippen molar-refractivity contribution in [2.75, 3.05) is 13.1 Å². The van der Waals surface area contributed by atoms with Crippen molar-refractivity contribution in [1.29, 1.82) is 0 Å². The number of guanidine groups is 1. The quantitative estimate of drug-likeness (QED) is 0.359. The van der Waals surface area contributed by atoms with Crippen molar-refractivity contribution < 1.29 is 0 Å². The molecule has 1 aromatic rings. The van der Waals surface area contributed by atoms with E-state index in [4.69, 9.17) is 4.99 Å². The monoisotopic (exact) mass is 515 g/mol. The van der Waals surface area contributed by atoms with Crippen molar-refractivity contribution >= 4 is 29.9 Å². The number of halogens is 1. The Bertz CT molecular complexity index is 669. The summed E-state index contributed by atoms with van der Waals surface area (Å²) < 4.78 is 2.02. The summed E-state index contributed by atoms with van der Waals surface area (Å²) in [5.74, 6) is 3.72. The Hall–Kier alpha value is -0.900. The molecule has 2 saturated carbocycles. The Morgan fingerprint density at radius 2 is 1.55 bits per heavy atom. The molecule has 1 aromatic heterocycles. The number of nitrogens with zero attached hydrogens (tertiary/aromatic N) is 5. The van der Waals surface area contributed by atoms with Crippen LogP contribution in [-0.4, -0.2) is 56.8 Å². The molecule has 7 nitrogen and oxygen atoms in total. The van der Waals surface area contributed by atoms with Crippen molar-refractivity contribution in [3.05, 3.63) is 11.6 Å². The lowest BCUT2D eigenvalue weighted by molar-refractivity contribution is 0.105. The van der Waals surface area contributed by atoms with Crippen LogP contribution in [0.3, 0.4) is 0 Å². The normalized spacial score (nSPS) is 26.8. The first-order chi connectivity index (χ1) is 13.6. The summed E-state index contributed by atoms with van der Waals surface area (Å²) in [7, 11) is 2.00. The minimum absolute atomic E-state index is 0. The second-order valence-corrected chi connectivity index (χ2v) is 9.17. The molecule has 0 radical (unpaired) electrons. The Morgan fingerprint density at radius 3 is 2.07 bits per heavy atom. The molecule has 2 heterocycles. The molecule has 4 rings (SSSR count). The number of nitrogens with one attached hydrogen (secondary N) is 2. The first-order valence-electron chi connectivity index (χ1n) is 11.2. The van der Waals surface area contributed by atoms with Gasteiger partial charge in [0.05, 0.1) is 0 Å². The van der Waals surface area contributed by atoms with Gasteiger partial charge in [-0.1, -0.05) is 6.92 Å². The van der Waals surface area contributed by atoms with Gasteiger partial charge in [-0.3, -0.25) is 0 Å². The third-order valence-electron chi connectivity index (χ3n) is 6.85. The van der Waals surface area contributed by atoms with Crippen LogP contribution in [0.4, 0.5) is 0 Å². The van der Waals surface area contributed by atoms with Crippen molar-refractivity contribution in [3.8, 4) is 0 Å². The lowest BCUT2D eigenvalue weighted by atomic mass is 9.88. The van der Waals surface area contributed by atoms with Gasteiger partial charge in [-0.25, -0.2) is 4.99 Å². The van der Waals surface area contributed by atoms with E-state index in [0.29, 0.717) is 18.6 Å². The van der Waals surface area contributed by atoms with Gasteiger partial charge in [-0.05, 0) is 77.3 Å². The number of likely N-dealkylation sites (tertiary alicyclic amines) is 1. The summed E-state index contributed by atoms with van der Waals surface area (Å²) >= 11 is 0. The molecule has 0 amide bonds. The fraction of sp³-hybridized carbons (Fsp3) is 0.857. The molecular weight excluding hydrogens is 477 g/mol. The minimum atomic E-state index is 0. The van der Waals surface area contributed by atoms with Gasteiger partial charge in [0.25, 0.3) is 0 Å². The number of hydrogen-bond donors (Lipinski definition) is 2. The second-order valence-electron chi connectivity index (χ2n) is 9.17. The van der Waals surface area contributed by atoms with Crippen molar-refractivity contribution in [3.63, 3.8) is 0 Å². The first-order valence-corrected chi connectivity index (χ1v) is 11.2. The molecule has 0 spiro atoms. The molecule has 3 fully saturated rings. The number of piperidine rings is 1. The molecule has 164 valence electrons. The lowest BCUT2D eigenvalue weighted by Gasteiger charge is -2.40. The molecule has 2 N–H and O–H groups in total. The van der Waals surface area contributed by atoms with Gasteiger partial charge in [-0.2, -0.15) is 0 Å². The van der Waals surface area contributed by atoms with E-state index in [9.17, 15) is 0 Å². The Morgan fingerprint density at radius 1 is 0.966 bits per heavy atom. The molecule has 0 bridgehead atoms. The van der Waals surface area contributed by atoms with E-state index >= 15 is 0 Å². The number of rotatable bonds is 5. The standard InChI is InChI=1S/C21H37N7.HI/c1-15-10-12-28(13-11-15)19-8-6-18(7-9-19)24-21(23-17-4-5-17)22-14-20-26-25-16(2)27(20)3;/h15,17-19H,4-14H2,1-3H3,(H2,22,23,24);1H. The van der Waals surface area contributed by atoms with Crippen LogP contribution in [-0.2, 0) is 13.6 Å². The topological polar surface area (TPSA) is 70.4 Å². The highest BCUT2D eigenvalue weighted by molar-refractivity contribution is 14.0. The molecule has 0 aromatic carbocycles. The van der Waals surface area contributed by atoms with Crippen LogP contribution in [0.15, 0.2) is 4.99 Å². The predicted molar refractivity (Wildman–Crippen MR) is 128 cm³/mol. The molecule has 29 heavy (non-hydrogen) atoms. The highest BCUT2D eigenvalue weighted by Crippen LogP contribution is 2.27. The third-order valence-corrected chi connectivity index (χ3v) is 6.85. The highest BCUT2D eigenvalue weighted by Gasteiger charge is 2.29. The predicted octanol–water partition coefficient (Wildman–Crippen LogP) is 2.98. The smallest absolute Gasteiger partial charge is 0.192 e. The SMILES string of the molecule is Cc1nnc(CN=C(NC2CC2)NC2CCC(N3CCC(C)CC3)CC2)n1C.I. The van der Waals surface area contributed by atoms with Gasteiger partial charge in [0.15, 0.2) is 11.8 Å². The summed E-state index contributed by atoms with van der Waals surface area (Å²) in [6.07, 6.45) is 10.4. The van der Waals surface area contributed by atoms with Crippen LogP contribution in [0, 0.1) is 12.8 Å². The zero-order chi connectivity index (χ0) is 19.5. The van der Waals surface area contributed by atoms with Gasteiger partial charge in [-0.15, -0.1) is 34.2 Å². The largest absolute Gasteiger partial charge is 0.354 e. The van der Waals surface area contributed by atoms with Crippen molar-refractivity contribution in [2.24, 2.45) is 18.0 Å². The lowest BCUT2D eigenvalue weighted by Crippen LogP contribution is -2.49. The van der Waals surface area contributed by atoms with Gasteiger partial charge < -0.3 is 20.1 Å². The van der Waals surface area contributed by atoms with Crippen molar-refractivity contribution in [2.45, 2.75) is 89.9 Å². The van der Waals surface area contributed by atoms with Crippen LogP contribution >= 0.6 is 24.0 Å². The van der Waals surface area contributed by atoms with Gasteiger partial charge >= 0.3 is 0 Å². The maximum absolute atomic E-state index is 4.82. The van der Waals surface area contributed by atoms with Crippen LogP contribution in [0.2, 0.25) is 0 Å². The van der Waals surface area contributed by atoms with Gasteiger partial charge in [0, 0.05) is 25.2 Å². The van der Waals surface area contributed by atoms with E-state index in [0.717, 1.165) is 29.6 Å². The number of aliphatic imine (C=N–C) groups is 1. The second kappa shape index (κ2) is 10.4. The fourth-order valence-electron chi connectivity index (χ4n) is 4.46. The molecule has 3 aliphatic rings. The van der Waals surface area contributed by atoms with E-state index in [1.54, 1.807) is 0 Å². The van der Waals surface area contributed by atoms with Gasteiger partial charge in [0.2, 0.25) is 0 Å². The molecule has 2 aliphatic carbocycles. The van der Waals surface area contributed by atoms with Crippen LogP contribution in [0.25, 0.3) is 0 Å². The van der Waals surface area contributed by atoms with E-state index in [1.165, 1.54) is 64.5 Å². The molecule has 1 aliphatic heterocycles. The summed E-state index contributed by atoms with van der Waals surface area (Å²) in [4.78, 5) is 7.57. The molecule has 0 atom stereocenters. The Labute approximate surface area is 192 Å². The highest BCUT2D eigenvalue weighted by atomic mass is 127. The molecule has 8 heteroatoms. The minimum Gasteiger partial charge on any atom is -0.354 e. The van der Waals surface area contributed by atoms with Crippen LogP contribution in [0.5, 0.6) is 0 Å². The van der Waals surface area contributed by atoms with E-state index in [1.807, 2.05) is 18.5 Å². The zero-order valence-corrected chi connectivity index (χ0v) is 20.6.